The molecular formula is C17H14N4. The average Bonchev–Trinajstić information content (AvgIpc) is 3.18. The maximum Gasteiger partial charge on any atom is 0.135 e. The second-order valence-corrected chi connectivity index (χ2v) is 4.96. The van der Waals surface area contributed by atoms with E-state index in [4.69, 9.17) is 4.98 Å². The summed E-state index contributed by atoms with van der Waals surface area (Å²) in [5.74, 6) is 0.917. The normalized spacial score (nSPS) is 12.6. The second kappa shape index (κ2) is 4.90. The molecule has 21 heavy (non-hydrogen) atoms. The van der Waals surface area contributed by atoms with Crippen LogP contribution in [0.2, 0.25) is 0 Å². The van der Waals surface area contributed by atoms with Gasteiger partial charge in [-0.2, -0.15) is 0 Å². The van der Waals surface area contributed by atoms with Gasteiger partial charge in [0.2, 0.25) is 0 Å². The van der Waals surface area contributed by atoms with Gasteiger partial charge in [-0.3, -0.25) is 0 Å². The molecule has 1 N–H and O–H groups in total. The molecule has 0 aliphatic rings. The number of hydrogen-bond donors (Lipinski definition) is 1. The van der Waals surface area contributed by atoms with Crippen molar-refractivity contribution in [2.24, 2.45) is 0 Å². The Morgan fingerprint density at radius 3 is 2.52 bits per heavy atom. The Kier molecular flexibility index (Phi) is 2.78. The van der Waals surface area contributed by atoms with Gasteiger partial charge >= 0.3 is 0 Å². The van der Waals surface area contributed by atoms with Crippen molar-refractivity contribution in [3.8, 4) is 0 Å². The lowest BCUT2D eigenvalue weighted by atomic mass is 10.1. The van der Waals surface area contributed by atoms with E-state index in [0.29, 0.717) is 0 Å². The highest BCUT2D eigenvalue weighted by Gasteiger charge is 2.19. The molecule has 2 heterocycles. The second-order valence-electron chi connectivity index (χ2n) is 4.96. The van der Waals surface area contributed by atoms with E-state index in [1.54, 1.807) is 6.20 Å². The minimum absolute atomic E-state index is 0.00102. The lowest BCUT2D eigenvalue weighted by Crippen LogP contribution is -2.12. The van der Waals surface area contributed by atoms with E-state index in [1.165, 1.54) is 5.56 Å². The molecule has 0 saturated heterocycles. The van der Waals surface area contributed by atoms with E-state index in [9.17, 15) is 0 Å². The van der Waals surface area contributed by atoms with Crippen molar-refractivity contribution < 1.29 is 0 Å². The Morgan fingerprint density at radius 1 is 0.952 bits per heavy atom. The van der Waals surface area contributed by atoms with Gasteiger partial charge in [0.15, 0.2) is 0 Å². The monoisotopic (exact) mass is 274 g/mol. The zero-order valence-corrected chi connectivity index (χ0v) is 11.3. The summed E-state index contributed by atoms with van der Waals surface area (Å²) < 4.78 is 2.06. The van der Waals surface area contributed by atoms with Gasteiger partial charge in [-0.15, -0.1) is 0 Å². The number of rotatable bonds is 3. The Morgan fingerprint density at radius 2 is 1.76 bits per heavy atom. The molecule has 0 bridgehead atoms. The summed E-state index contributed by atoms with van der Waals surface area (Å²) in [6.07, 6.45) is 5.58. The number of H-pyrrole nitrogens is 1. The highest BCUT2D eigenvalue weighted by atomic mass is 15.1. The van der Waals surface area contributed by atoms with Gasteiger partial charge in [-0.1, -0.05) is 42.5 Å². The number of aromatic nitrogens is 4. The van der Waals surface area contributed by atoms with Gasteiger partial charge in [0, 0.05) is 12.4 Å². The number of nitrogens with one attached hydrogen (secondary N) is 1. The van der Waals surface area contributed by atoms with Crippen LogP contribution < -0.4 is 0 Å². The van der Waals surface area contributed by atoms with Gasteiger partial charge in [0.05, 0.1) is 17.4 Å². The van der Waals surface area contributed by atoms with Crippen LogP contribution in [0.25, 0.3) is 11.0 Å². The fourth-order valence-corrected chi connectivity index (χ4v) is 2.63. The predicted octanol–water partition coefficient (Wildman–Crippen LogP) is 3.40. The number of aromatic amines is 1. The van der Waals surface area contributed by atoms with E-state index >= 15 is 0 Å². The molecule has 0 unspecified atom stereocenters. The average molecular weight is 274 g/mol. The van der Waals surface area contributed by atoms with Crippen LogP contribution in [0.1, 0.15) is 17.4 Å². The minimum atomic E-state index is 0.00102. The van der Waals surface area contributed by atoms with Gasteiger partial charge in [0.25, 0.3) is 0 Å². The Bertz CT molecular complexity index is 814. The highest BCUT2D eigenvalue weighted by Crippen LogP contribution is 2.26. The van der Waals surface area contributed by atoms with Gasteiger partial charge in [-0.25, -0.2) is 9.97 Å². The maximum atomic E-state index is 4.74. The van der Waals surface area contributed by atoms with Crippen LogP contribution in [0.5, 0.6) is 0 Å². The number of para-hydroxylation sites is 2. The molecule has 102 valence electrons. The topological polar surface area (TPSA) is 46.5 Å². The van der Waals surface area contributed by atoms with Crippen molar-refractivity contribution in [3.63, 3.8) is 0 Å². The quantitative estimate of drug-likeness (QED) is 0.622. The molecule has 0 aliphatic carbocycles. The SMILES string of the molecule is c1ccc([C@H](c2nc3ccccc3[nH]2)n2ccnc2)cc1. The molecule has 0 fully saturated rings. The van der Waals surface area contributed by atoms with Crippen LogP contribution in [-0.4, -0.2) is 19.5 Å². The van der Waals surface area contributed by atoms with Crippen LogP contribution in [-0.2, 0) is 0 Å². The smallest absolute Gasteiger partial charge is 0.135 e. The molecule has 4 rings (SSSR count). The number of nitrogens with zero attached hydrogens (tertiary/aromatic N) is 3. The summed E-state index contributed by atoms with van der Waals surface area (Å²) in [7, 11) is 0. The summed E-state index contributed by atoms with van der Waals surface area (Å²) in [4.78, 5) is 12.3. The number of hydrogen-bond acceptors (Lipinski definition) is 2. The highest BCUT2D eigenvalue weighted by molar-refractivity contribution is 5.75. The van der Waals surface area contributed by atoms with E-state index in [2.05, 4.69) is 26.7 Å². The first kappa shape index (κ1) is 11.9. The molecule has 0 saturated carbocycles. The van der Waals surface area contributed by atoms with Crippen molar-refractivity contribution >= 4 is 11.0 Å². The number of imidazole rings is 2. The molecule has 4 heteroatoms. The Labute approximate surface area is 122 Å². The van der Waals surface area contributed by atoms with Crippen molar-refractivity contribution in [1.82, 2.24) is 19.5 Å². The predicted molar refractivity (Wildman–Crippen MR) is 82.0 cm³/mol. The zero-order chi connectivity index (χ0) is 14.1. The summed E-state index contributed by atoms with van der Waals surface area (Å²) in [6.45, 7) is 0. The fraction of sp³-hybridized carbons (Fsp3) is 0.0588. The third kappa shape index (κ3) is 2.10. The van der Waals surface area contributed by atoms with Crippen LogP contribution in [0.3, 0.4) is 0 Å². The van der Waals surface area contributed by atoms with Gasteiger partial charge in [0.1, 0.15) is 11.9 Å². The van der Waals surface area contributed by atoms with E-state index in [-0.39, 0.29) is 6.04 Å². The lowest BCUT2D eigenvalue weighted by molar-refractivity contribution is 0.644. The number of fused-ring (bicyclic) bond motifs is 1. The first-order valence-corrected chi connectivity index (χ1v) is 6.89. The van der Waals surface area contributed by atoms with Crippen LogP contribution in [0.4, 0.5) is 0 Å². The fourth-order valence-electron chi connectivity index (χ4n) is 2.63. The molecule has 4 aromatic rings. The van der Waals surface area contributed by atoms with Crippen LogP contribution in [0, 0.1) is 0 Å². The van der Waals surface area contributed by atoms with Crippen LogP contribution >= 0.6 is 0 Å². The first-order valence-electron chi connectivity index (χ1n) is 6.89. The van der Waals surface area contributed by atoms with E-state index in [0.717, 1.165) is 16.9 Å². The zero-order valence-electron chi connectivity index (χ0n) is 11.3. The Balaban J connectivity index is 1.90. The largest absolute Gasteiger partial charge is 0.340 e. The summed E-state index contributed by atoms with van der Waals surface area (Å²) in [5.41, 5.74) is 3.21. The third-order valence-corrected chi connectivity index (χ3v) is 3.61. The van der Waals surface area contributed by atoms with Gasteiger partial charge < -0.3 is 9.55 Å². The van der Waals surface area contributed by atoms with Crippen molar-refractivity contribution in [1.29, 1.82) is 0 Å². The van der Waals surface area contributed by atoms with Crippen LogP contribution in [0.15, 0.2) is 73.3 Å². The van der Waals surface area contributed by atoms with E-state index < -0.39 is 0 Å². The summed E-state index contributed by atoms with van der Waals surface area (Å²) >= 11 is 0. The minimum Gasteiger partial charge on any atom is -0.340 e. The number of benzene rings is 2. The molecule has 4 nitrogen and oxygen atoms in total. The van der Waals surface area contributed by atoms with Crippen molar-refractivity contribution in [2.45, 2.75) is 6.04 Å². The molecule has 2 aromatic carbocycles. The molecule has 2 aromatic heterocycles. The van der Waals surface area contributed by atoms with Gasteiger partial charge in [-0.05, 0) is 17.7 Å². The summed E-state index contributed by atoms with van der Waals surface area (Å²) in [5, 5.41) is 0. The lowest BCUT2D eigenvalue weighted by Gasteiger charge is -2.16. The van der Waals surface area contributed by atoms with Crippen molar-refractivity contribution in [3.05, 3.63) is 84.7 Å². The molecule has 1 atom stereocenters. The van der Waals surface area contributed by atoms with E-state index in [1.807, 2.05) is 55.0 Å². The molecule has 0 amide bonds. The van der Waals surface area contributed by atoms with Crippen molar-refractivity contribution in [2.75, 3.05) is 0 Å². The Hall–Kier alpha value is -2.88. The molecule has 0 radical (unpaired) electrons. The standard InChI is InChI=1S/C17H14N4/c1-2-6-13(7-3-1)16(21-11-10-18-12-21)17-19-14-8-4-5-9-15(14)20-17/h1-12,16H,(H,19,20)/t16-/m1/s1. The third-order valence-electron chi connectivity index (χ3n) is 3.61. The maximum absolute atomic E-state index is 4.74. The molecular weight excluding hydrogens is 260 g/mol. The first-order chi connectivity index (χ1) is 10.4. The molecule has 0 aliphatic heterocycles. The summed E-state index contributed by atoms with van der Waals surface area (Å²) in [6, 6.07) is 18.4. The molecule has 0 spiro atoms.